The Bertz CT molecular complexity index is 783. The van der Waals surface area contributed by atoms with Crippen LogP contribution in [0, 0.1) is 27.3 Å². The summed E-state index contributed by atoms with van der Waals surface area (Å²) in [6.45, 7) is -0.222. The van der Waals surface area contributed by atoms with Crippen LogP contribution in [0.15, 0.2) is 42.5 Å². The molecule has 0 spiro atoms. The number of hydrogen-bond acceptors (Lipinski definition) is 5. The first-order valence-corrected chi connectivity index (χ1v) is 6.11. The lowest BCUT2D eigenvalue weighted by molar-refractivity contribution is -0.384. The predicted molar refractivity (Wildman–Crippen MR) is 73.3 cm³/mol. The second kappa shape index (κ2) is 6.45. The van der Waals surface area contributed by atoms with Crippen molar-refractivity contribution in [3.8, 4) is 6.07 Å². The van der Waals surface area contributed by atoms with Crippen LogP contribution in [0.4, 0.5) is 10.1 Å². The van der Waals surface area contributed by atoms with Gasteiger partial charge < -0.3 is 4.74 Å². The summed E-state index contributed by atoms with van der Waals surface area (Å²) in [6, 6.07) is 10.7. The number of nitro benzene ring substituents is 1. The number of ether oxygens (including phenoxy) is 1. The van der Waals surface area contributed by atoms with Gasteiger partial charge in [0.05, 0.1) is 22.1 Å². The molecular formula is C15H9FN2O4. The van der Waals surface area contributed by atoms with Crippen LogP contribution in [0.25, 0.3) is 0 Å². The van der Waals surface area contributed by atoms with Gasteiger partial charge in [-0.05, 0) is 23.8 Å². The first kappa shape index (κ1) is 15.1. The van der Waals surface area contributed by atoms with E-state index in [1.807, 2.05) is 0 Å². The van der Waals surface area contributed by atoms with Gasteiger partial charge in [0.2, 0.25) is 0 Å². The minimum absolute atomic E-state index is 0.0905. The van der Waals surface area contributed by atoms with E-state index < -0.39 is 16.7 Å². The van der Waals surface area contributed by atoms with Gasteiger partial charge in [0.15, 0.2) is 0 Å². The lowest BCUT2D eigenvalue weighted by Crippen LogP contribution is -2.08. The number of carbonyl (C=O) groups excluding carboxylic acids is 1. The van der Waals surface area contributed by atoms with E-state index in [0.717, 1.165) is 12.1 Å². The summed E-state index contributed by atoms with van der Waals surface area (Å²) in [5.74, 6) is -1.77. The fourth-order valence-corrected chi connectivity index (χ4v) is 1.74. The average molecular weight is 300 g/mol. The number of non-ortho nitro benzene ring substituents is 1. The number of rotatable bonds is 4. The van der Waals surface area contributed by atoms with Crippen molar-refractivity contribution in [2.24, 2.45) is 0 Å². The third-order valence-corrected chi connectivity index (χ3v) is 2.81. The Kier molecular flexibility index (Phi) is 4.44. The zero-order valence-corrected chi connectivity index (χ0v) is 11.2. The van der Waals surface area contributed by atoms with E-state index in [9.17, 15) is 19.3 Å². The molecule has 0 amide bonds. The highest BCUT2D eigenvalue weighted by molar-refractivity contribution is 5.89. The molecule has 7 heteroatoms. The van der Waals surface area contributed by atoms with E-state index in [1.54, 1.807) is 12.1 Å². The maximum atomic E-state index is 13.6. The Labute approximate surface area is 124 Å². The van der Waals surface area contributed by atoms with Crippen LogP contribution in [-0.4, -0.2) is 10.9 Å². The summed E-state index contributed by atoms with van der Waals surface area (Å²) in [4.78, 5) is 21.9. The fourth-order valence-electron chi connectivity index (χ4n) is 1.74. The molecule has 2 aromatic rings. The van der Waals surface area contributed by atoms with Gasteiger partial charge in [-0.2, -0.15) is 5.26 Å². The lowest BCUT2D eigenvalue weighted by atomic mass is 10.1. The van der Waals surface area contributed by atoms with Gasteiger partial charge in [-0.1, -0.05) is 12.1 Å². The molecule has 2 rings (SSSR count). The number of nitriles is 1. The molecule has 0 unspecified atom stereocenters. The second-order valence-corrected chi connectivity index (χ2v) is 4.31. The summed E-state index contributed by atoms with van der Waals surface area (Å²) in [7, 11) is 0. The van der Waals surface area contributed by atoms with Gasteiger partial charge >= 0.3 is 5.97 Å². The van der Waals surface area contributed by atoms with Crippen LogP contribution in [0.2, 0.25) is 0 Å². The number of nitrogens with zero attached hydrogens (tertiary/aromatic N) is 2. The maximum Gasteiger partial charge on any atom is 0.341 e. The first-order chi connectivity index (χ1) is 10.5. The Balaban J connectivity index is 2.09. The molecule has 0 heterocycles. The van der Waals surface area contributed by atoms with Crippen LogP contribution in [0.5, 0.6) is 0 Å². The summed E-state index contributed by atoms with van der Waals surface area (Å²) in [6.07, 6.45) is 0. The van der Waals surface area contributed by atoms with Gasteiger partial charge in [0.1, 0.15) is 12.4 Å². The van der Waals surface area contributed by atoms with Crippen LogP contribution >= 0.6 is 0 Å². The number of halogens is 1. The van der Waals surface area contributed by atoms with Crippen molar-refractivity contribution in [3.63, 3.8) is 0 Å². The molecule has 0 atom stereocenters. The molecule has 0 aliphatic rings. The van der Waals surface area contributed by atoms with Crippen molar-refractivity contribution in [3.05, 3.63) is 75.1 Å². The van der Waals surface area contributed by atoms with E-state index in [0.29, 0.717) is 5.56 Å². The molecule has 0 radical (unpaired) electrons. The molecule has 0 saturated heterocycles. The summed E-state index contributed by atoms with van der Waals surface area (Å²) in [5.41, 5.74) is 0.0758. The van der Waals surface area contributed by atoms with Crippen molar-refractivity contribution in [2.75, 3.05) is 0 Å². The summed E-state index contributed by atoms with van der Waals surface area (Å²) >= 11 is 0. The third-order valence-electron chi connectivity index (χ3n) is 2.81. The highest BCUT2D eigenvalue weighted by atomic mass is 19.1. The minimum Gasteiger partial charge on any atom is -0.457 e. The Morgan fingerprint density at radius 2 is 2.09 bits per heavy atom. The molecule has 0 bridgehead atoms. The normalized spacial score (nSPS) is 9.82. The van der Waals surface area contributed by atoms with E-state index in [4.69, 9.17) is 10.00 Å². The molecule has 110 valence electrons. The maximum absolute atomic E-state index is 13.6. The smallest absolute Gasteiger partial charge is 0.341 e. The van der Waals surface area contributed by atoms with E-state index in [-0.39, 0.29) is 23.4 Å². The molecule has 2 aromatic carbocycles. The van der Waals surface area contributed by atoms with E-state index in [2.05, 4.69) is 0 Å². The molecule has 0 aliphatic heterocycles. The van der Waals surface area contributed by atoms with E-state index in [1.165, 1.54) is 24.3 Å². The predicted octanol–water partition coefficient (Wildman–Crippen LogP) is 2.96. The van der Waals surface area contributed by atoms with Crippen LogP contribution in [0.3, 0.4) is 0 Å². The molecule has 0 aliphatic carbocycles. The molecule has 0 aromatic heterocycles. The van der Waals surface area contributed by atoms with Gasteiger partial charge in [-0.15, -0.1) is 0 Å². The molecular weight excluding hydrogens is 291 g/mol. The van der Waals surface area contributed by atoms with Gasteiger partial charge in [-0.25, -0.2) is 9.18 Å². The number of nitro groups is 1. The Morgan fingerprint density at radius 1 is 1.32 bits per heavy atom. The summed E-state index contributed by atoms with van der Waals surface area (Å²) in [5, 5.41) is 19.3. The number of hydrogen-bond donors (Lipinski definition) is 0. The first-order valence-electron chi connectivity index (χ1n) is 6.11. The second-order valence-electron chi connectivity index (χ2n) is 4.31. The fraction of sp³-hybridized carbons (Fsp3) is 0.0667. The Hall–Kier alpha value is -3.27. The zero-order chi connectivity index (χ0) is 16.1. The number of esters is 1. The zero-order valence-electron chi connectivity index (χ0n) is 11.2. The van der Waals surface area contributed by atoms with Gasteiger partial charge in [-0.3, -0.25) is 10.1 Å². The van der Waals surface area contributed by atoms with Crippen molar-refractivity contribution >= 4 is 11.7 Å². The van der Waals surface area contributed by atoms with Gasteiger partial charge in [0.25, 0.3) is 5.69 Å². The third kappa shape index (κ3) is 3.43. The number of benzene rings is 2. The van der Waals surface area contributed by atoms with E-state index >= 15 is 0 Å². The highest BCUT2D eigenvalue weighted by Crippen LogP contribution is 2.16. The molecule has 6 nitrogen and oxygen atoms in total. The van der Waals surface area contributed by atoms with Crippen LogP contribution < -0.4 is 0 Å². The minimum atomic E-state index is -0.909. The molecule has 0 N–H and O–H groups in total. The highest BCUT2D eigenvalue weighted by Gasteiger charge is 2.14. The lowest BCUT2D eigenvalue weighted by Gasteiger charge is -2.06. The molecule has 0 saturated carbocycles. The average Bonchev–Trinajstić information content (AvgIpc) is 2.52. The molecule has 22 heavy (non-hydrogen) atoms. The quantitative estimate of drug-likeness (QED) is 0.491. The largest absolute Gasteiger partial charge is 0.457 e. The van der Waals surface area contributed by atoms with Gasteiger partial charge in [0, 0.05) is 12.1 Å². The van der Waals surface area contributed by atoms with Crippen LogP contribution in [-0.2, 0) is 11.3 Å². The number of carbonyl (C=O) groups is 1. The van der Waals surface area contributed by atoms with Crippen molar-refractivity contribution < 1.29 is 18.8 Å². The van der Waals surface area contributed by atoms with Crippen molar-refractivity contribution in [1.29, 1.82) is 5.26 Å². The monoisotopic (exact) mass is 300 g/mol. The standard InChI is InChI=1S/C15H9FN2O4/c16-14-7-10(8-17)4-5-13(14)15(19)22-9-11-2-1-3-12(6-11)18(20)21/h1-7H,9H2. The summed E-state index contributed by atoms with van der Waals surface area (Å²) < 4.78 is 18.6. The SMILES string of the molecule is N#Cc1ccc(C(=O)OCc2cccc([N+](=O)[O-])c2)c(F)c1. The molecule has 0 fully saturated rings. The Morgan fingerprint density at radius 3 is 2.73 bits per heavy atom. The topological polar surface area (TPSA) is 93.2 Å². The van der Waals surface area contributed by atoms with Crippen LogP contribution in [0.1, 0.15) is 21.5 Å². The van der Waals surface area contributed by atoms with Crippen molar-refractivity contribution in [2.45, 2.75) is 6.61 Å². The van der Waals surface area contributed by atoms with Crippen molar-refractivity contribution in [1.82, 2.24) is 0 Å².